The summed E-state index contributed by atoms with van der Waals surface area (Å²) in [5, 5.41) is 8.84. The van der Waals surface area contributed by atoms with E-state index in [1.807, 2.05) is 0 Å². The molecule has 0 saturated heterocycles. The molecule has 0 aromatic heterocycles. The molecular weight excluding hydrogens is 239 g/mol. The predicted octanol–water partition coefficient (Wildman–Crippen LogP) is 1.93. The minimum Gasteiger partial charge on any atom is -0.506 e. The van der Waals surface area contributed by atoms with Crippen LogP contribution in [0.3, 0.4) is 0 Å². The number of esters is 1. The van der Waals surface area contributed by atoms with Gasteiger partial charge in [-0.3, -0.25) is 4.79 Å². The van der Waals surface area contributed by atoms with Crippen molar-refractivity contribution in [3.63, 3.8) is 0 Å². The topological polar surface area (TPSA) is 63.6 Å². The highest BCUT2D eigenvalue weighted by Gasteiger charge is 2.22. The van der Waals surface area contributed by atoms with E-state index in [0.717, 1.165) is 6.07 Å². The first kappa shape index (κ1) is 12.4. The summed E-state index contributed by atoms with van der Waals surface area (Å²) in [5.41, 5.74) is -0.527. The van der Waals surface area contributed by atoms with Crippen molar-refractivity contribution in [2.24, 2.45) is 0 Å². The summed E-state index contributed by atoms with van der Waals surface area (Å²) in [6, 6.07) is 1.54. The largest absolute Gasteiger partial charge is 0.506 e. The molecule has 16 heavy (non-hydrogen) atoms. The third-order valence-electron chi connectivity index (χ3n) is 1.74. The summed E-state index contributed by atoms with van der Waals surface area (Å²) in [4.78, 5) is 22.4. The minimum absolute atomic E-state index is 0.0119. The molecule has 0 bridgehead atoms. The summed E-state index contributed by atoms with van der Waals surface area (Å²) < 4.78 is 17.7. The molecule has 0 aliphatic rings. The van der Waals surface area contributed by atoms with Gasteiger partial charge in [-0.1, -0.05) is 11.6 Å². The average molecular weight is 247 g/mol. The maximum atomic E-state index is 13.2. The Balaban J connectivity index is 3.09. The highest BCUT2D eigenvalue weighted by Crippen LogP contribution is 2.26. The zero-order valence-electron chi connectivity index (χ0n) is 8.29. The summed E-state index contributed by atoms with van der Waals surface area (Å²) >= 11 is 5.49. The maximum Gasteiger partial charge on any atom is 0.379 e. The Kier molecular flexibility index (Phi) is 3.84. The van der Waals surface area contributed by atoms with Crippen LogP contribution in [0.15, 0.2) is 12.1 Å². The number of rotatable bonds is 3. The summed E-state index contributed by atoms with van der Waals surface area (Å²) in [6.45, 7) is 1.53. The SMILES string of the molecule is CCOC(=O)C(=O)c1cc(Cl)c(O)cc1F. The van der Waals surface area contributed by atoms with Crippen LogP contribution in [-0.2, 0) is 9.53 Å². The van der Waals surface area contributed by atoms with Gasteiger partial charge >= 0.3 is 5.97 Å². The van der Waals surface area contributed by atoms with E-state index in [9.17, 15) is 14.0 Å². The highest BCUT2D eigenvalue weighted by atomic mass is 35.5. The molecule has 86 valence electrons. The predicted molar refractivity (Wildman–Crippen MR) is 54.0 cm³/mol. The number of carbonyl (C=O) groups is 2. The van der Waals surface area contributed by atoms with Crippen LogP contribution in [0, 0.1) is 5.82 Å². The fraction of sp³-hybridized carbons (Fsp3) is 0.200. The first-order valence-electron chi connectivity index (χ1n) is 4.36. The molecule has 0 saturated carbocycles. The van der Waals surface area contributed by atoms with E-state index in [-0.39, 0.29) is 11.6 Å². The monoisotopic (exact) mass is 246 g/mol. The Bertz CT molecular complexity index is 445. The summed E-state index contributed by atoms with van der Waals surface area (Å²) in [7, 11) is 0. The Hall–Kier alpha value is -1.62. The molecule has 1 aromatic rings. The molecule has 0 heterocycles. The van der Waals surface area contributed by atoms with Crippen molar-refractivity contribution in [1.82, 2.24) is 0 Å². The van der Waals surface area contributed by atoms with E-state index >= 15 is 0 Å². The summed E-state index contributed by atoms with van der Waals surface area (Å²) in [6.07, 6.45) is 0. The van der Waals surface area contributed by atoms with Gasteiger partial charge in [-0.05, 0) is 13.0 Å². The number of ketones is 1. The molecule has 0 aliphatic heterocycles. The second-order valence-corrected chi connectivity index (χ2v) is 3.24. The lowest BCUT2D eigenvalue weighted by molar-refractivity contribution is -0.137. The van der Waals surface area contributed by atoms with Gasteiger partial charge in [0, 0.05) is 6.07 Å². The number of phenols is 1. The lowest BCUT2D eigenvalue weighted by Gasteiger charge is -2.04. The Morgan fingerprint density at radius 3 is 2.69 bits per heavy atom. The molecule has 1 N–H and O–H groups in total. The fourth-order valence-corrected chi connectivity index (χ4v) is 1.18. The van der Waals surface area contributed by atoms with Crippen molar-refractivity contribution in [1.29, 1.82) is 0 Å². The number of ether oxygens (including phenoxy) is 1. The number of carbonyl (C=O) groups excluding carboxylic acids is 2. The van der Waals surface area contributed by atoms with Gasteiger partial charge < -0.3 is 9.84 Å². The van der Waals surface area contributed by atoms with E-state index in [2.05, 4.69) is 4.74 Å². The smallest absolute Gasteiger partial charge is 0.379 e. The molecule has 1 rings (SSSR count). The first-order valence-corrected chi connectivity index (χ1v) is 4.74. The molecule has 0 atom stereocenters. The van der Waals surface area contributed by atoms with Crippen molar-refractivity contribution in [3.8, 4) is 5.75 Å². The van der Waals surface area contributed by atoms with Gasteiger partial charge in [0.05, 0.1) is 17.2 Å². The number of hydrogen-bond donors (Lipinski definition) is 1. The number of halogens is 2. The number of phenolic OH excluding ortho intramolecular Hbond substituents is 1. The van der Waals surface area contributed by atoms with Crippen molar-refractivity contribution in [2.45, 2.75) is 6.92 Å². The second-order valence-electron chi connectivity index (χ2n) is 2.83. The molecular formula is C10H8ClFO4. The van der Waals surface area contributed by atoms with Crippen LogP contribution in [0.2, 0.25) is 5.02 Å². The Morgan fingerprint density at radius 1 is 1.50 bits per heavy atom. The zero-order valence-corrected chi connectivity index (χ0v) is 9.05. The third-order valence-corrected chi connectivity index (χ3v) is 2.04. The molecule has 0 radical (unpaired) electrons. The standard InChI is InChI=1S/C10H8ClFO4/c1-2-16-10(15)9(14)5-3-6(11)8(13)4-7(5)12/h3-4,13H,2H2,1H3. The third kappa shape index (κ3) is 2.49. The molecule has 0 aliphatic carbocycles. The van der Waals surface area contributed by atoms with Gasteiger partial charge in [0.25, 0.3) is 5.78 Å². The molecule has 0 amide bonds. The van der Waals surface area contributed by atoms with E-state index in [0.29, 0.717) is 6.07 Å². The minimum atomic E-state index is -1.16. The number of aromatic hydroxyl groups is 1. The first-order chi connectivity index (χ1) is 7.47. The normalized spacial score (nSPS) is 9.94. The van der Waals surface area contributed by atoms with Gasteiger partial charge in [-0.2, -0.15) is 0 Å². The quantitative estimate of drug-likeness (QED) is 0.503. The van der Waals surface area contributed by atoms with Crippen LogP contribution >= 0.6 is 11.6 Å². The number of benzene rings is 1. The van der Waals surface area contributed by atoms with E-state index in [1.165, 1.54) is 6.92 Å². The van der Waals surface area contributed by atoms with Gasteiger partial charge in [0.1, 0.15) is 11.6 Å². The van der Waals surface area contributed by atoms with E-state index in [4.69, 9.17) is 16.7 Å². The van der Waals surface area contributed by atoms with E-state index < -0.39 is 28.9 Å². The molecule has 6 heteroatoms. The van der Waals surface area contributed by atoms with Crippen LogP contribution in [0.5, 0.6) is 5.75 Å². The maximum absolute atomic E-state index is 13.2. The average Bonchev–Trinajstić information content (AvgIpc) is 2.23. The Morgan fingerprint density at radius 2 is 2.12 bits per heavy atom. The molecule has 0 unspecified atom stereocenters. The van der Waals surface area contributed by atoms with Gasteiger partial charge in [0.2, 0.25) is 0 Å². The molecule has 0 spiro atoms. The van der Waals surface area contributed by atoms with Gasteiger partial charge in [-0.25, -0.2) is 9.18 Å². The van der Waals surface area contributed by atoms with Gasteiger partial charge in [-0.15, -0.1) is 0 Å². The second kappa shape index (κ2) is 4.94. The van der Waals surface area contributed by atoms with Crippen molar-refractivity contribution in [3.05, 3.63) is 28.5 Å². The summed E-state index contributed by atoms with van der Waals surface area (Å²) in [5.74, 6) is -3.83. The van der Waals surface area contributed by atoms with Crippen LogP contribution in [0.1, 0.15) is 17.3 Å². The lowest BCUT2D eigenvalue weighted by Crippen LogP contribution is -2.18. The zero-order chi connectivity index (χ0) is 12.3. The molecule has 1 aromatic carbocycles. The van der Waals surface area contributed by atoms with Crippen LogP contribution in [0.25, 0.3) is 0 Å². The van der Waals surface area contributed by atoms with E-state index in [1.54, 1.807) is 0 Å². The van der Waals surface area contributed by atoms with Crippen LogP contribution < -0.4 is 0 Å². The number of hydrogen-bond acceptors (Lipinski definition) is 4. The highest BCUT2D eigenvalue weighted by molar-refractivity contribution is 6.41. The van der Waals surface area contributed by atoms with Crippen molar-refractivity contribution >= 4 is 23.4 Å². The van der Waals surface area contributed by atoms with Crippen molar-refractivity contribution in [2.75, 3.05) is 6.61 Å². The lowest BCUT2D eigenvalue weighted by atomic mass is 10.1. The number of Topliss-reactive ketones (excluding diaryl/α,β-unsaturated/α-hetero) is 1. The molecule has 0 fully saturated rings. The fourth-order valence-electron chi connectivity index (χ4n) is 1.02. The van der Waals surface area contributed by atoms with Gasteiger partial charge in [0.15, 0.2) is 0 Å². The van der Waals surface area contributed by atoms with Crippen LogP contribution in [0.4, 0.5) is 4.39 Å². The van der Waals surface area contributed by atoms with Crippen molar-refractivity contribution < 1.29 is 23.8 Å². The Labute approximate surface area is 95.6 Å². The molecule has 4 nitrogen and oxygen atoms in total. The van der Waals surface area contributed by atoms with Crippen LogP contribution in [-0.4, -0.2) is 23.5 Å².